The van der Waals surface area contributed by atoms with Gasteiger partial charge in [0.1, 0.15) is 17.8 Å². The molecule has 6 heteroatoms. The van der Waals surface area contributed by atoms with Crippen molar-refractivity contribution in [2.24, 2.45) is 5.92 Å². The number of carbonyl (C=O) groups excluding carboxylic acids is 1. The first kappa shape index (κ1) is 19.1. The van der Waals surface area contributed by atoms with Gasteiger partial charge < -0.3 is 18.8 Å². The molecular weight excluding hydrogens is 368 g/mol. The molecule has 1 atom stereocenters. The van der Waals surface area contributed by atoms with Crippen molar-refractivity contribution in [3.05, 3.63) is 66.4 Å². The Labute approximate surface area is 169 Å². The summed E-state index contributed by atoms with van der Waals surface area (Å²) >= 11 is 0. The van der Waals surface area contributed by atoms with Gasteiger partial charge in [-0.25, -0.2) is 4.98 Å². The molecular formula is C23H24N2O4. The van der Waals surface area contributed by atoms with Crippen LogP contribution in [0.4, 0.5) is 0 Å². The van der Waals surface area contributed by atoms with E-state index < -0.39 is 0 Å². The highest BCUT2D eigenvalue weighted by Gasteiger charge is 2.29. The summed E-state index contributed by atoms with van der Waals surface area (Å²) in [7, 11) is 1.64. The first-order valence-electron chi connectivity index (χ1n) is 9.68. The van der Waals surface area contributed by atoms with E-state index in [0.717, 1.165) is 16.5 Å². The van der Waals surface area contributed by atoms with Crippen LogP contribution in [0.3, 0.4) is 0 Å². The van der Waals surface area contributed by atoms with Crippen LogP contribution in [0, 0.1) is 5.92 Å². The topological polar surface area (TPSA) is 64.8 Å². The van der Waals surface area contributed by atoms with Gasteiger partial charge in [0.15, 0.2) is 12.3 Å². The first-order chi connectivity index (χ1) is 14.0. The second kappa shape index (κ2) is 7.99. The first-order valence-corrected chi connectivity index (χ1v) is 9.68. The molecule has 0 radical (unpaired) electrons. The molecule has 2 heterocycles. The van der Waals surface area contributed by atoms with Gasteiger partial charge in [0.05, 0.1) is 13.2 Å². The number of amides is 1. The number of oxazole rings is 1. The fourth-order valence-corrected chi connectivity index (χ4v) is 3.53. The molecule has 4 rings (SSSR count). The van der Waals surface area contributed by atoms with Crippen LogP contribution >= 0.6 is 0 Å². The van der Waals surface area contributed by atoms with E-state index in [1.54, 1.807) is 7.11 Å². The lowest BCUT2D eigenvalue weighted by molar-refractivity contribution is 0.0714. The van der Waals surface area contributed by atoms with Gasteiger partial charge in [-0.3, -0.25) is 4.79 Å². The van der Waals surface area contributed by atoms with Gasteiger partial charge in [0.2, 0.25) is 5.89 Å². The molecule has 0 spiro atoms. The quantitative estimate of drug-likeness (QED) is 0.580. The molecule has 0 saturated carbocycles. The van der Waals surface area contributed by atoms with Crippen molar-refractivity contribution >= 4 is 16.7 Å². The van der Waals surface area contributed by atoms with Crippen molar-refractivity contribution in [2.75, 3.05) is 13.7 Å². The summed E-state index contributed by atoms with van der Waals surface area (Å²) in [4.78, 5) is 18.9. The van der Waals surface area contributed by atoms with Crippen LogP contribution in [0.15, 0.2) is 59.2 Å². The number of rotatable bonds is 6. The zero-order chi connectivity index (χ0) is 20.4. The molecule has 1 aliphatic rings. The zero-order valence-electron chi connectivity index (χ0n) is 16.8. The molecule has 2 aromatic carbocycles. The average molecular weight is 392 g/mol. The second-order valence-corrected chi connectivity index (χ2v) is 7.41. The maximum absolute atomic E-state index is 12.8. The van der Waals surface area contributed by atoms with E-state index in [2.05, 4.69) is 24.9 Å². The van der Waals surface area contributed by atoms with Gasteiger partial charge in [-0.05, 0) is 41.0 Å². The Morgan fingerprint density at radius 2 is 1.97 bits per heavy atom. The fraction of sp³-hybridized carbons (Fsp3) is 0.304. The van der Waals surface area contributed by atoms with E-state index in [4.69, 9.17) is 13.9 Å². The molecule has 0 aliphatic carbocycles. The maximum Gasteiger partial charge on any atom is 0.276 e. The molecule has 0 saturated heterocycles. The van der Waals surface area contributed by atoms with Crippen LogP contribution in [-0.4, -0.2) is 35.5 Å². The van der Waals surface area contributed by atoms with Crippen molar-refractivity contribution in [1.29, 1.82) is 0 Å². The van der Waals surface area contributed by atoms with E-state index in [0.29, 0.717) is 29.8 Å². The van der Waals surface area contributed by atoms with Crippen molar-refractivity contribution in [1.82, 2.24) is 9.88 Å². The molecule has 0 unspecified atom stereocenters. The standard InChI is InChI=1S/C23H24N2O4/c1-15(2)21-5-4-10-25(21)23(26)20-13-29-22(24-20)14-28-19-9-7-16-6-8-18(27-3)11-17(16)12-19/h4-9,11-13,15,21H,10,14H2,1-3H3/t21-/m1/s1. The maximum atomic E-state index is 12.8. The predicted octanol–water partition coefficient (Wildman–Crippen LogP) is 4.45. The van der Waals surface area contributed by atoms with Gasteiger partial charge in [0.25, 0.3) is 5.91 Å². The summed E-state index contributed by atoms with van der Waals surface area (Å²) < 4.78 is 16.6. The van der Waals surface area contributed by atoms with Crippen molar-refractivity contribution in [2.45, 2.75) is 26.5 Å². The smallest absolute Gasteiger partial charge is 0.276 e. The predicted molar refractivity (Wildman–Crippen MR) is 110 cm³/mol. The summed E-state index contributed by atoms with van der Waals surface area (Å²) in [6.07, 6.45) is 5.49. The number of nitrogens with zero attached hydrogens (tertiary/aromatic N) is 2. The largest absolute Gasteiger partial charge is 0.497 e. The van der Waals surface area contributed by atoms with E-state index in [9.17, 15) is 4.79 Å². The number of hydrogen-bond acceptors (Lipinski definition) is 5. The third kappa shape index (κ3) is 3.97. The Balaban J connectivity index is 1.43. The molecule has 1 aromatic heterocycles. The van der Waals surface area contributed by atoms with Crippen LogP contribution in [-0.2, 0) is 6.61 Å². The fourth-order valence-electron chi connectivity index (χ4n) is 3.53. The highest BCUT2D eigenvalue weighted by Crippen LogP contribution is 2.26. The van der Waals surface area contributed by atoms with Gasteiger partial charge >= 0.3 is 0 Å². The normalized spacial score (nSPS) is 16.0. The average Bonchev–Trinajstić information content (AvgIpc) is 3.41. The molecule has 1 aliphatic heterocycles. The number of hydrogen-bond donors (Lipinski definition) is 0. The number of methoxy groups -OCH3 is 1. The minimum absolute atomic E-state index is 0.0912. The minimum Gasteiger partial charge on any atom is -0.497 e. The van der Waals surface area contributed by atoms with E-state index in [-0.39, 0.29) is 18.6 Å². The zero-order valence-corrected chi connectivity index (χ0v) is 16.8. The lowest BCUT2D eigenvalue weighted by Crippen LogP contribution is -2.39. The second-order valence-electron chi connectivity index (χ2n) is 7.41. The van der Waals surface area contributed by atoms with Crippen LogP contribution in [0.5, 0.6) is 11.5 Å². The van der Waals surface area contributed by atoms with Crippen LogP contribution in [0.1, 0.15) is 30.2 Å². The molecule has 150 valence electrons. The van der Waals surface area contributed by atoms with E-state index >= 15 is 0 Å². The molecule has 6 nitrogen and oxygen atoms in total. The number of aromatic nitrogens is 1. The summed E-state index contributed by atoms with van der Waals surface area (Å²) in [6.45, 7) is 4.94. The van der Waals surface area contributed by atoms with E-state index in [1.165, 1.54) is 6.26 Å². The van der Waals surface area contributed by atoms with E-state index in [1.807, 2.05) is 47.4 Å². The van der Waals surface area contributed by atoms with Gasteiger partial charge in [-0.1, -0.05) is 38.1 Å². The summed E-state index contributed by atoms with van der Waals surface area (Å²) in [5.74, 6) is 2.08. The molecule has 0 bridgehead atoms. The highest BCUT2D eigenvalue weighted by atomic mass is 16.5. The molecule has 0 fully saturated rings. The number of carbonyl (C=O) groups is 1. The lowest BCUT2D eigenvalue weighted by atomic mass is 10.0. The molecule has 3 aromatic rings. The number of fused-ring (bicyclic) bond motifs is 1. The Kier molecular flexibility index (Phi) is 5.25. The Morgan fingerprint density at radius 3 is 2.72 bits per heavy atom. The molecule has 0 N–H and O–H groups in total. The lowest BCUT2D eigenvalue weighted by Gasteiger charge is -2.26. The Morgan fingerprint density at radius 1 is 1.21 bits per heavy atom. The Hall–Kier alpha value is -3.28. The summed E-state index contributed by atoms with van der Waals surface area (Å²) in [6, 6.07) is 11.8. The molecule has 1 amide bonds. The summed E-state index contributed by atoms with van der Waals surface area (Å²) in [5, 5.41) is 2.12. The third-order valence-electron chi connectivity index (χ3n) is 5.09. The number of benzene rings is 2. The third-order valence-corrected chi connectivity index (χ3v) is 5.09. The molecule has 29 heavy (non-hydrogen) atoms. The summed E-state index contributed by atoms with van der Waals surface area (Å²) in [5.41, 5.74) is 0.307. The van der Waals surface area contributed by atoms with Gasteiger partial charge in [-0.2, -0.15) is 0 Å². The van der Waals surface area contributed by atoms with Gasteiger partial charge in [-0.15, -0.1) is 0 Å². The van der Waals surface area contributed by atoms with Crippen molar-refractivity contribution in [3.8, 4) is 11.5 Å². The van der Waals surface area contributed by atoms with Crippen molar-refractivity contribution < 1.29 is 18.7 Å². The van der Waals surface area contributed by atoms with Crippen molar-refractivity contribution in [3.63, 3.8) is 0 Å². The van der Waals surface area contributed by atoms with Crippen LogP contribution < -0.4 is 9.47 Å². The van der Waals surface area contributed by atoms with Gasteiger partial charge in [0, 0.05) is 6.54 Å². The minimum atomic E-state index is -0.124. The highest BCUT2D eigenvalue weighted by molar-refractivity contribution is 5.92. The monoisotopic (exact) mass is 392 g/mol. The Bertz CT molecular complexity index is 1050. The number of ether oxygens (including phenoxy) is 2. The van der Waals surface area contributed by atoms with Crippen LogP contribution in [0.2, 0.25) is 0 Å². The van der Waals surface area contributed by atoms with Crippen LogP contribution in [0.25, 0.3) is 10.8 Å². The SMILES string of the molecule is COc1ccc2ccc(OCc3nc(C(=O)N4CC=C[C@@H]4C(C)C)co3)cc2c1.